The quantitative estimate of drug-likeness (QED) is 0.796. The van der Waals surface area contributed by atoms with E-state index in [0.717, 1.165) is 50.7 Å². The Hall–Kier alpha value is -2.06. The van der Waals surface area contributed by atoms with Gasteiger partial charge in [0.05, 0.1) is 6.54 Å². The highest BCUT2D eigenvalue weighted by Crippen LogP contribution is 2.28. The number of ether oxygens (including phenoxy) is 1. The fourth-order valence-corrected chi connectivity index (χ4v) is 3.81. The molecule has 1 saturated heterocycles. The third kappa shape index (κ3) is 3.71. The maximum Gasteiger partial charge on any atom is 0.240 e. The van der Waals surface area contributed by atoms with Gasteiger partial charge >= 0.3 is 0 Å². The van der Waals surface area contributed by atoms with Crippen LogP contribution in [0.4, 0.5) is 5.82 Å². The minimum absolute atomic E-state index is 0.384. The molecule has 0 aromatic carbocycles. The smallest absolute Gasteiger partial charge is 0.240 e. The predicted octanol–water partition coefficient (Wildman–Crippen LogP) is 1.52. The monoisotopic (exact) mass is 358 g/mol. The molecule has 8 heteroatoms. The molecule has 0 unspecified atom stereocenters. The van der Waals surface area contributed by atoms with Crippen LogP contribution in [0, 0.1) is 6.92 Å². The Morgan fingerprint density at radius 1 is 1.04 bits per heavy atom. The highest BCUT2D eigenvalue weighted by Gasteiger charge is 2.25. The number of rotatable bonds is 5. The third-order valence-electron chi connectivity index (χ3n) is 5.09. The first-order valence-corrected chi connectivity index (χ1v) is 9.37. The maximum absolute atomic E-state index is 5.30. The lowest BCUT2D eigenvalue weighted by atomic mass is 9.96. The summed E-state index contributed by atoms with van der Waals surface area (Å²) in [5.41, 5.74) is 2.63. The van der Waals surface area contributed by atoms with Crippen molar-refractivity contribution in [2.75, 3.05) is 38.2 Å². The molecule has 3 heterocycles. The van der Waals surface area contributed by atoms with E-state index < -0.39 is 0 Å². The van der Waals surface area contributed by atoms with Gasteiger partial charge in [0.25, 0.3) is 0 Å². The average molecular weight is 358 g/mol. The first kappa shape index (κ1) is 17.4. The maximum atomic E-state index is 5.30. The van der Waals surface area contributed by atoms with Crippen molar-refractivity contribution in [3.8, 4) is 0 Å². The summed E-state index contributed by atoms with van der Waals surface area (Å²) in [6.07, 6.45) is 4.68. The molecule has 4 rings (SSSR count). The number of piperazine rings is 1. The molecule has 0 atom stereocenters. The highest BCUT2D eigenvalue weighted by atomic mass is 16.5. The second-order valence-electron chi connectivity index (χ2n) is 7.03. The highest BCUT2D eigenvalue weighted by molar-refractivity contribution is 5.50. The van der Waals surface area contributed by atoms with Gasteiger partial charge in [-0.2, -0.15) is 4.98 Å². The molecule has 2 aromatic rings. The van der Waals surface area contributed by atoms with E-state index in [1.807, 2.05) is 6.92 Å². The van der Waals surface area contributed by atoms with Gasteiger partial charge in [-0.05, 0) is 32.6 Å². The number of fused-ring (bicyclic) bond motifs is 1. The number of methoxy groups -OCH3 is 1. The zero-order valence-corrected chi connectivity index (χ0v) is 15.6. The Morgan fingerprint density at radius 3 is 2.65 bits per heavy atom. The summed E-state index contributed by atoms with van der Waals surface area (Å²) in [5, 5.41) is 3.93. The van der Waals surface area contributed by atoms with Crippen molar-refractivity contribution in [3.05, 3.63) is 28.8 Å². The van der Waals surface area contributed by atoms with Gasteiger partial charge in [0, 0.05) is 44.5 Å². The molecule has 2 aliphatic rings. The molecule has 1 aliphatic heterocycles. The van der Waals surface area contributed by atoms with Crippen molar-refractivity contribution >= 4 is 5.82 Å². The molecule has 140 valence electrons. The fourth-order valence-electron chi connectivity index (χ4n) is 3.81. The van der Waals surface area contributed by atoms with Crippen molar-refractivity contribution in [1.82, 2.24) is 25.0 Å². The molecule has 2 aromatic heterocycles. The van der Waals surface area contributed by atoms with Gasteiger partial charge in [-0.25, -0.2) is 9.97 Å². The summed E-state index contributed by atoms with van der Waals surface area (Å²) in [6, 6.07) is 0. The van der Waals surface area contributed by atoms with Crippen molar-refractivity contribution in [2.24, 2.45) is 0 Å². The van der Waals surface area contributed by atoms with Crippen LogP contribution in [0.1, 0.15) is 41.6 Å². The van der Waals surface area contributed by atoms with Gasteiger partial charge in [-0.1, -0.05) is 5.16 Å². The third-order valence-corrected chi connectivity index (χ3v) is 5.09. The molecule has 0 N–H and O–H groups in total. The number of hydrogen-bond donors (Lipinski definition) is 0. The summed E-state index contributed by atoms with van der Waals surface area (Å²) in [6.45, 7) is 6.91. The van der Waals surface area contributed by atoms with Crippen LogP contribution in [0.15, 0.2) is 4.52 Å². The lowest BCUT2D eigenvalue weighted by Crippen LogP contribution is -2.46. The van der Waals surface area contributed by atoms with Crippen LogP contribution in [0.5, 0.6) is 0 Å². The standard InChI is InChI=1S/C18H26N6O2/c1-13-19-15-6-4-3-5-14(15)18(20-13)24-9-7-23(8-10-24)11-17-21-16(12-25-2)22-26-17/h3-12H2,1-2H3. The van der Waals surface area contributed by atoms with E-state index in [1.54, 1.807) is 7.11 Å². The zero-order valence-electron chi connectivity index (χ0n) is 15.6. The van der Waals surface area contributed by atoms with Crippen LogP contribution >= 0.6 is 0 Å². The van der Waals surface area contributed by atoms with Crippen molar-refractivity contribution in [1.29, 1.82) is 0 Å². The number of nitrogens with zero attached hydrogens (tertiary/aromatic N) is 6. The molecular weight excluding hydrogens is 332 g/mol. The molecule has 1 aliphatic carbocycles. The van der Waals surface area contributed by atoms with Gasteiger partial charge in [-0.15, -0.1) is 0 Å². The van der Waals surface area contributed by atoms with Gasteiger partial charge in [0.15, 0.2) is 5.82 Å². The Kier molecular flexibility index (Phi) is 5.12. The van der Waals surface area contributed by atoms with Crippen molar-refractivity contribution in [3.63, 3.8) is 0 Å². The molecule has 0 bridgehead atoms. The normalized spacial score (nSPS) is 18.2. The van der Waals surface area contributed by atoms with Gasteiger partial charge < -0.3 is 14.2 Å². The first-order chi connectivity index (χ1) is 12.7. The van der Waals surface area contributed by atoms with E-state index >= 15 is 0 Å². The summed E-state index contributed by atoms with van der Waals surface area (Å²) < 4.78 is 10.3. The fraction of sp³-hybridized carbons (Fsp3) is 0.667. The minimum atomic E-state index is 0.384. The molecule has 0 saturated carbocycles. The largest absolute Gasteiger partial charge is 0.377 e. The van der Waals surface area contributed by atoms with Crippen LogP contribution in [-0.4, -0.2) is 58.3 Å². The summed E-state index contributed by atoms with van der Waals surface area (Å²) in [7, 11) is 1.63. The van der Waals surface area contributed by atoms with Crippen LogP contribution in [0.2, 0.25) is 0 Å². The Balaban J connectivity index is 1.40. The molecule has 26 heavy (non-hydrogen) atoms. The molecular formula is C18H26N6O2. The zero-order chi connectivity index (χ0) is 17.9. The van der Waals surface area contributed by atoms with Crippen LogP contribution in [0.25, 0.3) is 0 Å². The Bertz CT molecular complexity index is 754. The van der Waals surface area contributed by atoms with Crippen LogP contribution in [0.3, 0.4) is 0 Å². The van der Waals surface area contributed by atoms with Gasteiger partial charge in [-0.3, -0.25) is 4.90 Å². The molecule has 1 fully saturated rings. The van der Waals surface area contributed by atoms with Crippen molar-refractivity contribution in [2.45, 2.75) is 45.8 Å². The average Bonchev–Trinajstić information content (AvgIpc) is 3.09. The Labute approximate surface area is 153 Å². The second-order valence-corrected chi connectivity index (χ2v) is 7.03. The van der Waals surface area contributed by atoms with E-state index in [2.05, 4.69) is 24.9 Å². The van der Waals surface area contributed by atoms with Crippen molar-refractivity contribution < 1.29 is 9.26 Å². The summed E-state index contributed by atoms with van der Waals surface area (Å²) in [5.74, 6) is 3.30. The Morgan fingerprint density at radius 2 is 1.85 bits per heavy atom. The minimum Gasteiger partial charge on any atom is -0.377 e. The summed E-state index contributed by atoms with van der Waals surface area (Å²) in [4.78, 5) is 18.6. The molecule has 8 nitrogen and oxygen atoms in total. The van der Waals surface area contributed by atoms with E-state index in [0.29, 0.717) is 24.9 Å². The molecule has 0 amide bonds. The van der Waals surface area contributed by atoms with E-state index in [1.165, 1.54) is 24.1 Å². The number of anilines is 1. The van der Waals surface area contributed by atoms with Crippen LogP contribution in [-0.2, 0) is 30.7 Å². The van der Waals surface area contributed by atoms with Gasteiger partial charge in [0.1, 0.15) is 18.2 Å². The number of hydrogen-bond acceptors (Lipinski definition) is 8. The molecule has 0 radical (unpaired) electrons. The predicted molar refractivity (Wildman–Crippen MR) is 95.9 cm³/mol. The van der Waals surface area contributed by atoms with E-state index in [4.69, 9.17) is 14.2 Å². The number of aromatic nitrogens is 4. The lowest BCUT2D eigenvalue weighted by molar-refractivity contribution is 0.174. The van der Waals surface area contributed by atoms with E-state index in [-0.39, 0.29) is 0 Å². The topological polar surface area (TPSA) is 80.4 Å². The number of aryl methyl sites for hydroxylation is 2. The first-order valence-electron chi connectivity index (χ1n) is 9.37. The molecule has 0 spiro atoms. The van der Waals surface area contributed by atoms with E-state index in [9.17, 15) is 0 Å². The second kappa shape index (κ2) is 7.67. The SMILES string of the molecule is COCc1noc(CN2CCN(c3nc(C)nc4c3CCCC4)CC2)n1. The van der Waals surface area contributed by atoms with Crippen LogP contribution < -0.4 is 4.90 Å². The lowest BCUT2D eigenvalue weighted by Gasteiger charge is -2.36. The van der Waals surface area contributed by atoms with Gasteiger partial charge in [0.2, 0.25) is 5.89 Å². The summed E-state index contributed by atoms with van der Waals surface area (Å²) >= 11 is 0.